The van der Waals surface area contributed by atoms with Crippen molar-refractivity contribution in [2.24, 2.45) is 0 Å². The van der Waals surface area contributed by atoms with Gasteiger partial charge in [-0.05, 0) is 40.5 Å². The number of imide groups is 1. The van der Waals surface area contributed by atoms with Crippen molar-refractivity contribution >= 4 is 17.8 Å². The normalized spacial score (nSPS) is 17.8. The van der Waals surface area contributed by atoms with Crippen LogP contribution in [0.2, 0.25) is 0 Å². The minimum atomic E-state index is -0.478. The Labute approximate surface area is 145 Å². The Bertz CT molecular complexity index is 459. The van der Waals surface area contributed by atoms with Crippen LogP contribution in [0.1, 0.15) is 53.9 Å². The number of rotatable bonds is 4. The van der Waals surface area contributed by atoms with E-state index in [-0.39, 0.29) is 11.8 Å². The van der Waals surface area contributed by atoms with Crippen LogP contribution in [0.25, 0.3) is 0 Å². The fourth-order valence-electron chi connectivity index (χ4n) is 2.70. The van der Waals surface area contributed by atoms with E-state index >= 15 is 0 Å². The van der Waals surface area contributed by atoms with Crippen molar-refractivity contribution in [1.82, 2.24) is 20.4 Å². The number of hydrogen-bond acceptors (Lipinski definition) is 4. The number of nitrogens with zero attached hydrogens (tertiary/aromatic N) is 2. The van der Waals surface area contributed by atoms with E-state index in [4.69, 9.17) is 0 Å². The standard InChI is InChI=1S/C17H32N4O3/c1-6-8-14(22)21-10-7-9-20(11-12-21)13(2)15(23)18-16(24)19-17(3,4)5/h13H,6-12H2,1-5H3,(H2,18,19,23,24)/t13-/m1/s1. The van der Waals surface area contributed by atoms with Crippen LogP contribution in [-0.4, -0.2) is 65.4 Å². The van der Waals surface area contributed by atoms with Gasteiger partial charge in [-0.1, -0.05) is 6.92 Å². The van der Waals surface area contributed by atoms with Gasteiger partial charge in [-0.3, -0.25) is 19.8 Å². The Morgan fingerprint density at radius 2 is 1.75 bits per heavy atom. The molecule has 0 spiro atoms. The van der Waals surface area contributed by atoms with Crippen molar-refractivity contribution in [3.8, 4) is 0 Å². The molecule has 1 rings (SSSR count). The van der Waals surface area contributed by atoms with Crippen LogP contribution in [-0.2, 0) is 9.59 Å². The zero-order valence-corrected chi connectivity index (χ0v) is 15.6. The molecule has 0 aliphatic carbocycles. The maximum atomic E-state index is 12.3. The van der Waals surface area contributed by atoms with E-state index in [2.05, 4.69) is 10.6 Å². The van der Waals surface area contributed by atoms with Crippen molar-refractivity contribution in [1.29, 1.82) is 0 Å². The highest BCUT2D eigenvalue weighted by Gasteiger charge is 2.27. The van der Waals surface area contributed by atoms with E-state index in [9.17, 15) is 14.4 Å². The highest BCUT2D eigenvalue weighted by Crippen LogP contribution is 2.09. The quantitative estimate of drug-likeness (QED) is 0.809. The molecular formula is C17H32N4O3. The number of amides is 4. The molecule has 4 amide bonds. The molecule has 0 bridgehead atoms. The van der Waals surface area contributed by atoms with Crippen molar-refractivity contribution in [3.05, 3.63) is 0 Å². The number of hydrogen-bond donors (Lipinski definition) is 2. The fourth-order valence-corrected chi connectivity index (χ4v) is 2.70. The van der Waals surface area contributed by atoms with Gasteiger partial charge in [0.1, 0.15) is 0 Å². The Kier molecular flexibility index (Phi) is 7.66. The molecule has 24 heavy (non-hydrogen) atoms. The molecule has 138 valence electrons. The smallest absolute Gasteiger partial charge is 0.321 e. The fraction of sp³-hybridized carbons (Fsp3) is 0.824. The molecule has 1 aliphatic rings. The van der Waals surface area contributed by atoms with Crippen LogP contribution >= 0.6 is 0 Å². The summed E-state index contributed by atoms with van der Waals surface area (Å²) < 4.78 is 0. The molecule has 0 unspecified atom stereocenters. The largest absolute Gasteiger partial charge is 0.341 e. The Balaban J connectivity index is 2.52. The average molecular weight is 340 g/mol. The lowest BCUT2D eigenvalue weighted by Crippen LogP contribution is -2.53. The maximum absolute atomic E-state index is 12.3. The van der Waals surface area contributed by atoms with E-state index in [1.165, 1.54) is 0 Å². The van der Waals surface area contributed by atoms with Gasteiger partial charge in [-0.25, -0.2) is 4.79 Å². The monoisotopic (exact) mass is 340 g/mol. The Morgan fingerprint density at radius 3 is 2.33 bits per heavy atom. The predicted octanol–water partition coefficient (Wildman–Crippen LogP) is 1.33. The molecular weight excluding hydrogens is 308 g/mol. The molecule has 1 aliphatic heterocycles. The van der Waals surface area contributed by atoms with E-state index in [0.29, 0.717) is 19.5 Å². The molecule has 7 heteroatoms. The lowest BCUT2D eigenvalue weighted by molar-refractivity contribution is -0.131. The molecule has 0 saturated carbocycles. The zero-order valence-electron chi connectivity index (χ0n) is 15.6. The molecule has 0 aromatic heterocycles. The van der Waals surface area contributed by atoms with Gasteiger partial charge in [0.2, 0.25) is 11.8 Å². The molecule has 1 heterocycles. The summed E-state index contributed by atoms with van der Waals surface area (Å²) in [6.07, 6.45) is 2.25. The number of carbonyl (C=O) groups is 3. The van der Waals surface area contributed by atoms with Gasteiger partial charge in [0.15, 0.2) is 0 Å². The zero-order chi connectivity index (χ0) is 18.3. The third-order valence-corrected chi connectivity index (χ3v) is 4.00. The summed E-state index contributed by atoms with van der Waals surface area (Å²) in [6, 6.07) is -0.883. The number of urea groups is 1. The molecule has 7 nitrogen and oxygen atoms in total. The van der Waals surface area contributed by atoms with Crippen molar-refractivity contribution in [2.75, 3.05) is 26.2 Å². The molecule has 0 aromatic carbocycles. The van der Waals surface area contributed by atoms with E-state index < -0.39 is 17.6 Å². The topological polar surface area (TPSA) is 81.8 Å². The molecule has 0 radical (unpaired) electrons. The minimum Gasteiger partial charge on any atom is -0.341 e. The first-order chi connectivity index (χ1) is 11.1. The third-order valence-electron chi connectivity index (χ3n) is 4.00. The van der Waals surface area contributed by atoms with Crippen LogP contribution in [0.5, 0.6) is 0 Å². The predicted molar refractivity (Wildman–Crippen MR) is 93.6 cm³/mol. The van der Waals surface area contributed by atoms with Gasteiger partial charge >= 0.3 is 6.03 Å². The molecule has 2 N–H and O–H groups in total. The van der Waals surface area contributed by atoms with Crippen molar-refractivity contribution in [2.45, 2.75) is 65.5 Å². The number of carbonyl (C=O) groups excluding carboxylic acids is 3. The summed E-state index contributed by atoms with van der Waals surface area (Å²) in [5.41, 5.74) is -0.393. The van der Waals surface area contributed by atoms with Crippen LogP contribution in [0, 0.1) is 0 Å². The maximum Gasteiger partial charge on any atom is 0.321 e. The lowest BCUT2D eigenvalue weighted by atomic mass is 10.1. The summed E-state index contributed by atoms with van der Waals surface area (Å²) in [6.45, 7) is 12.1. The summed E-state index contributed by atoms with van der Waals surface area (Å²) in [7, 11) is 0. The Morgan fingerprint density at radius 1 is 1.08 bits per heavy atom. The van der Waals surface area contributed by atoms with E-state index in [1.54, 1.807) is 6.92 Å². The first kappa shape index (κ1) is 20.4. The molecule has 1 atom stereocenters. The first-order valence-electron chi connectivity index (χ1n) is 8.79. The number of nitrogens with one attached hydrogen (secondary N) is 2. The van der Waals surface area contributed by atoms with E-state index in [1.807, 2.05) is 37.5 Å². The van der Waals surface area contributed by atoms with Gasteiger partial charge in [0, 0.05) is 38.1 Å². The second kappa shape index (κ2) is 9.01. The highest BCUT2D eigenvalue weighted by atomic mass is 16.2. The van der Waals surface area contributed by atoms with Gasteiger partial charge in [0.05, 0.1) is 6.04 Å². The lowest BCUT2D eigenvalue weighted by Gasteiger charge is -2.27. The van der Waals surface area contributed by atoms with E-state index in [0.717, 1.165) is 25.9 Å². The highest BCUT2D eigenvalue weighted by molar-refractivity contribution is 5.97. The minimum absolute atomic E-state index is 0.181. The van der Waals surface area contributed by atoms with Crippen LogP contribution in [0.3, 0.4) is 0 Å². The summed E-state index contributed by atoms with van der Waals surface area (Å²) >= 11 is 0. The summed E-state index contributed by atoms with van der Waals surface area (Å²) in [4.78, 5) is 40.0. The second-order valence-electron chi connectivity index (χ2n) is 7.39. The third kappa shape index (κ3) is 6.86. The summed E-state index contributed by atoms with van der Waals surface area (Å²) in [5.74, 6) is -0.133. The molecule has 1 saturated heterocycles. The van der Waals surface area contributed by atoms with Crippen molar-refractivity contribution in [3.63, 3.8) is 0 Å². The Hall–Kier alpha value is -1.63. The van der Waals surface area contributed by atoms with Crippen molar-refractivity contribution < 1.29 is 14.4 Å². The van der Waals surface area contributed by atoms with Crippen LogP contribution < -0.4 is 10.6 Å². The van der Waals surface area contributed by atoms with Gasteiger partial charge in [-0.2, -0.15) is 0 Å². The molecule has 1 fully saturated rings. The van der Waals surface area contributed by atoms with Crippen LogP contribution in [0.4, 0.5) is 4.79 Å². The average Bonchev–Trinajstić information content (AvgIpc) is 2.70. The SMILES string of the molecule is CCCC(=O)N1CCCN([C@H](C)C(=O)NC(=O)NC(C)(C)C)CC1. The summed E-state index contributed by atoms with van der Waals surface area (Å²) in [5, 5.41) is 5.11. The van der Waals surface area contributed by atoms with Gasteiger partial charge < -0.3 is 10.2 Å². The first-order valence-corrected chi connectivity index (χ1v) is 8.79. The second-order valence-corrected chi connectivity index (χ2v) is 7.39. The van der Waals surface area contributed by atoms with Crippen LogP contribution in [0.15, 0.2) is 0 Å². The molecule has 0 aromatic rings. The van der Waals surface area contributed by atoms with Gasteiger partial charge in [0.25, 0.3) is 0 Å². The van der Waals surface area contributed by atoms with Gasteiger partial charge in [-0.15, -0.1) is 0 Å².